The van der Waals surface area contributed by atoms with Crippen molar-refractivity contribution in [2.45, 2.75) is 70.1 Å². The van der Waals surface area contributed by atoms with Crippen LogP contribution in [-0.2, 0) is 0 Å². The van der Waals surface area contributed by atoms with Crippen molar-refractivity contribution in [3.63, 3.8) is 0 Å². The largest absolute Gasteiger partial charge is 0.391 e. The van der Waals surface area contributed by atoms with Gasteiger partial charge in [-0.15, -0.1) is 0 Å². The summed E-state index contributed by atoms with van der Waals surface area (Å²) in [5.74, 6) is 0.835. The van der Waals surface area contributed by atoms with Crippen molar-refractivity contribution < 1.29 is 5.11 Å². The Balaban J connectivity index is 1.93. The van der Waals surface area contributed by atoms with Crippen molar-refractivity contribution in [2.24, 2.45) is 5.92 Å². The average molecular weight is 268 g/mol. The summed E-state index contributed by atoms with van der Waals surface area (Å²) < 4.78 is 0. The number of aliphatic hydroxyl groups excluding tert-OH is 1. The minimum atomic E-state index is -0.106. The lowest BCUT2D eigenvalue weighted by Gasteiger charge is -2.45. The third-order valence-electron chi connectivity index (χ3n) is 5.29. The monoisotopic (exact) mass is 268 g/mol. The van der Waals surface area contributed by atoms with Crippen LogP contribution in [0.1, 0.15) is 51.9 Å². The van der Waals surface area contributed by atoms with Gasteiger partial charge in [0.1, 0.15) is 0 Å². The second-order valence-electron chi connectivity index (χ2n) is 6.83. The number of aliphatic hydroxyl groups is 1. The van der Waals surface area contributed by atoms with E-state index in [1.807, 2.05) is 0 Å². The van der Waals surface area contributed by atoms with E-state index in [4.69, 9.17) is 0 Å². The standard InChI is InChI=1S/C16H32N2O/c1-4-6-13-8-9-16(19)15(11-13)18(3)14-7-5-10-17(2)12-14/h13-16,19H,4-12H2,1-3H3. The molecule has 2 rings (SSSR count). The molecule has 1 aliphatic heterocycles. The summed E-state index contributed by atoms with van der Waals surface area (Å²) in [6, 6.07) is 1.03. The Morgan fingerprint density at radius 2 is 2.05 bits per heavy atom. The van der Waals surface area contributed by atoms with Crippen molar-refractivity contribution in [2.75, 3.05) is 27.2 Å². The molecule has 0 spiro atoms. The van der Waals surface area contributed by atoms with Crippen LogP contribution in [0, 0.1) is 5.92 Å². The Morgan fingerprint density at radius 1 is 1.26 bits per heavy atom. The molecule has 0 aromatic rings. The van der Waals surface area contributed by atoms with Gasteiger partial charge in [0.05, 0.1) is 6.10 Å². The van der Waals surface area contributed by atoms with Gasteiger partial charge in [0, 0.05) is 18.6 Å². The van der Waals surface area contributed by atoms with Gasteiger partial charge in [-0.2, -0.15) is 0 Å². The molecule has 0 aromatic carbocycles. The summed E-state index contributed by atoms with van der Waals surface area (Å²) in [7, 11) is 4.46. The lowest BCUT2D eigenvalue weighted by atomic mass is 9.80. The van der Waals surface area contributed by atoms with Gasteiger partial charge in [-0.25, -0.2) is 0 Å². The number of hydrogen-bond acceptors (Lipinski definition) is 3. The third-order valence-corrected chi connectivity index (χ3v) is 5.29. The second-order valence-corrected chi connectivity index (χ2v) is 6.83. The molecule has 3 heteroatoms. The predicted molar refractivity (Wildman–Crippen MR) is 80.3 cm³/mol. The quantitative estimate of drug-likeness (QED) is 0.848. The molecular formula is C16H32N2O. The van der Waals surface area contributed by atoms with E-state index in [0.29, 0.717) is 12.1 Å². The SMILES string of the molecule is CCCC1CCC(O)C(N(C)C2CCCN(C)C2)C1. The molecule has 112 valence electrons. The average Bonchev–Trinajstić information content (AvgIpc) is 2.40. The van der Waals surface area contributed by atoms with Crippen molar-refractivity contribution in [3.8, 4) is 0 Å². The van der Waals surface area contributed by atoms with Gasteiger partial charge in [0.2, 0.25) is 0 Å². The maximum atomic E-state index is 10.4. The highest BCUT2D eigenvalue weighted by Crippen LogP contribution is 2.32. The fraction of sp³-hybridized carbons (Fsp3) is 1.00. The van der Waals surface area contributed by atoms with Gasteiger partial charge in [-0.3, -0.25) is 4.90 Å². The number of piperidine rings is 1. The van der Waals surface area contributed by atoms with Gasteiger partial charge < -0.3 is 10.0 Å². The van der Waals surface area contributed by atoms with E-state index in [1.54, 1.807) is 0 Å². The summed E-state index contributed by atoms with van der Waals surface area (Å²) in [5, 5.41) is 10.4. The first kappa shape index (κ1) is 15.3. The van der Waals surface area contributed by atoms with Gasteiger partial charge >= 0.3 is 0 Å². The first-order valence-electron chi connectivity index (χ1n) is 8.20. The molecule has 0 amide bonds. The molecule has 19 heavy (non-hydrogen) atoms. The highest BCUT2D eigenvalue weighted by molar-refractivity contribution is 4.90. The van der Waals surface area contributed by atoms with Crippen LogP contribution in [0.3, 0.4) is 0 Å². The van der Waals surface area contributed by atoms with Gasteiger partial charge in [-0.1, -0.05) is 19.8 Å². The first-order valence-corrected chi connectivity index (χ1v) is 8.20. The van der Waals surface area contributed by atoms with E-state index in [1.165, 1.54) is 45.1 Å². The Kier molecular flexibility index (Phi) is 5.67. The summed E-state index contributed by atoms with van der Waals surface area (Å²) in [4.78, 5) is 4.94. The van der Waals surface area contributed by atoms with Gasteiger partial charge in [-0.05, 0) is 58.7 Å². The first-order chi connectivity index (χ1) is 9.11. The van der Waals surface area contributed by atoms with Crippen molar-refractivity contribution in [3.05, 3.63) is 0 Å². The number of likely N-dealkylation sites (N-methyl/N-ethyl adjacent to an activating group) is 2. The maximum absolute atomic E-state index is 10.4. The van der Waals surface area contributed by atoms with Crippen LogP contribution in [0.15, 0.2) is 0 Å². The van der Waals surface area contributed by atoms with Crippen LogP contribution in [0.2, 0.25) is 0 Å². The lowest BCUT2D eigenvalue weighted by Crippen LogP contribution is -2.54. The van der Waals surface area contributed by atoms with Crippen LogP contribution in [0.4, 0.5) is 0 Å². The Labute approximate surface area is 119 Å². The molecule has 1 saturated heterocycles. The maximum Gasteiger partial charge on any atom is 0.0695 e. The molecule has 0 radical (unpaired) electrons. The minimum Gasteiger partial charge on any atom is -0.391 e. The molecule has 0 bridgehead atoms. The van der Waals surface area contributed by atoms with E-state index in [9.17, 15) is 5.11 Å². The number of rotatable bonds is 4. The second kappa shape index (κ2) is 7.05. The number of likely N-dealkylation sites (tertiary alicyclic amines) is 1. The molecule has 1 aliphatic carbocycles. The lowest BCUT2D eigenvalue weighted by molar-refractivity contribution is -0.0174. The van der Waals surface area contributed by atoms with E-state index in [0.717, 1.165) is 18.9 Å². The normalized spacial score (nSPS) is 37.7. The molecule has 4 atom stereocenters. The van der Waals surface area contributed by atoms with E-state index >= 15 is 0 Å². The Hall–Kier alpha value is -0.120. The summed E-state index contributed by atoms with van der Waals surface area (Å²) in [6.45, 7) is 4.67. The van der Waals surface area contributed by atoms with Crippen LogP contribution in [0.25, 0.3) is 0 Å². The fourth-order valence-corrected chi connectivity index (χ4v) is 4.07. The van der Waals surface area contributed by atoms with Crippen molar-refractivity contribution in [1.29, 1.82) is 0 Å². The van der Waals surface area contributed by atoms with E-state index in [2.05, 4.69) is 30.8 Å². The van der Waals surface area contributed by atoms with E-state index in [-0.39, 0.29) is 6.10 Å². The summed E-state index contributed by atoms with van der Waals surface area (Å²) in [5.41, 5.74) is 0. The molecule has 1 N–H and O–H groups in total. The zero-order valence-corrected chi connectivity index (χ0v) is 13.0. The predicted octanol–water partition coefficient (Wildman–Crippen LogP) is 2.34. The topological polar surface area (TPSA) is 26.7 Å². The van der Waals surface area contributed by atoms with E-state index < -0.39 is 0 Å². The van der Waals surface area contributed by atoms with Crippen molar-refractivity contribution >= 4 is 0 Å². The molecule has 1 saturated carbocycles. The Bertz CT molecular complexity index is 271. The number of hydrogen-bond donors (Lipinski definition) is 1. The molecule has 2 aliphatic rings. The van der Waals surface area contributed by atoms with Gasteiger partial charge in [0.15, 0.2) is 0 Å². The van der Waals surface area contributed by atoms with Crippen LogP contribution >= 0.6 is 0 Å². The fourth-order valence-electron chi connectivity index (χ4n) is 4.07. The van der Waals surface area contributed by atoms with Gasteiger partial charge in [0.25, 0.3) is 0 Å². The van der Waals surface area contributed by atoms with Crippen molar-refractivity contribution in [1.82, 2.24) is 9.80 Å². The molecule has 2 fully saturated rings. The molecule has 4 unspecified atom stereocenters. The molecule has 3 nitrogen and oxygen atoms in total. The molecule has 0 aromatic heterocycles. The summed E-state index contributed by atoms with van der Waals surface area (Å²) >= 11 is 0. The highest BCUT2D eigenvalue weighted by atomic mass is 16.3. The Morgan fingerprint density at radius 3 is 2.74 bits per heavy atom. The minimum absolute atomic E-state index is 0.106. The van der Waals surface area contributed by atoms with Crippen LogP contribution in [-0.4, -0.2) is 60.3 Å². The zero-order chi connectivity index (χ0) is 13.8. The molecule has 1 heterocycles. The third kappa shape index (κ3) is 3.93. The number of nitrogens with zero attached hydrogens (tertiary/aromatic N) is 2. The smallest absolute Gasteiger partial charge is 0.0695 e. The molecular weight excluding hydrogens is 236 g/mol. The zero-order valence-electron chi connectivity index (χ0n) is 13.0. The van der Waals surface area contributed by atoms with Crippen LogP contribution in [0.5, 0.6) is 0 Å². The van der Waals surface area contributed by atoms with Crippen LogP contribution < -0.4 is 0 Å². The highest BCUT2D eigenvalue weighted by Gasteiger charge is 2.35. The summed E-state index contributed by atoms with van der Waals surface area (Å²) in [6.07, 6.45) is 8.53.